The van der Waals surface area contributed by atoms with Crippen LogP contribution in [0.25, 0.3) is 27.8 Å². The number of nitrogens with one attached hydrogen (secondary N) is 1. The van der Waals surface area contributed by atoms with E-state index in [4.69, 9.17) is 10.7 Å². The summed E-state index contributed by atoms with van der Waals surface area (Å²) in [6.45, 7) is 1.61. The molecular weight excluding hydrogens is 400 g/mol. The second-order valence-corrected chi connectivity index (χ2v) is 9.20. The van der Waals surface area contributed by atoms with Crippen molar-refractivity contribution in [3.8, 4) is 11.4 Å². The number of nitrogen functional groups attached to an aromatic ring is 1. The molecule has 164 valence electrons. The maximum absolute atomic E-state index is 12.9. The third-order valence-corrected chi connectivity index (χ3v) is 7.27. The zero-order valence-corrected chi connectivity index (χ0v) is 18.1. The van der Waals surface area contributed by atoms with E-state index in [1.54, 1.807) is 6.20 Å². The molecule has 2 aliphatic rings. The highest BCUT2D eigenvalue weighted by molar-refractivity contribution is 5.91. The van der Waals surface area contributed by atoms with Crippen molar-refractivity contribution in [3.63, 3.8) is 0 Å². The van der Waals surface area contributed by atoms with Gasteiger partial charge in [-0.25, -0.2) is 9.97 Å². The highest BCUT2D eigenvalue weighted by Crippen LogP contribution is 2.36. The van der Waals surface area contributed by atoms with Crippen molar-refractivity contribution in [2.75, 3.05) is 18.8 Å². The number of fused-ring (bicyclic) bond motifs is 2. The molecule has 0 atom stereocenters. The number of anilines is 1. The first-order valence-corrected chi connectivity index (χ1v) is 11.7. The molecule has 3 aromatic heterocycles. The van der Waals surface area contributed by atoms with Crippen molar-refractivity contribution in [1.29, 1.82) is 0 Å². The standard InChI is InChI=1S/C25H28N6O/c26-23-22-21(20-15-18-7-3-4-8-19(18)28-20)29-24(31(22)14-11-27-23)16-9-12-30(13-10-16)25(32)17-5-1-2-6-17/h3-4,7-8,11,14-17,28H,1-2,5-6,9-10,12-13H2,(H2,26,27). The predicted molar refractivity (Wildman–Crippen MR) is 125 cm³/mol. The van der Waals surface area contributed by atoms with Crippen LogP contribution in [-0.4, -0.2) is 43.2 Å². The maximum Gasteiger partial charge on any atom is 0.225 e. The topological polar surface area (TPSA) is 92.3 Å². The van der Waals surface area contributed by atoms with Gasteiger partial charge < -0.3 is 15.6 Å². The molecule has 1 aliphatic carbocycles. The normalized spacial score (nSPS) is 18.2. The van der Waals surface area contributed by atoms with Gasteiger partial charge in [0.25, 0.3) is 0 Å². The number of imidazole rings is 1. The van der Waals surface area contributed by atoms with Gasteiger partial charge in [-0.05, 0) is 37.8 Å². The zero-order valence-electron chi connectivity index (χ0n) is 18.1. The number of nitrogens with two attached hydrogens (primary N) is 1. The molecule has 2 fully saturated rings. The molecule has 32 heavy (non-hydrogen) atoms. The van der Waals surface area contributed by atoms with Gasteiger partial charge in [-0.2, -0.15) is 0 Å². The lowest BCUT2D eigenvalue weighted by molar-refractivity contribution is -0.136. The van der Waals surface area contributed by atoms with Crippen molar-refractivity contribution in [3.05, 3.63) is 48.5 Å². The number of H-pyrrole nitrogens is 1. The number of carbonyl (C=O) groups is 1. The first kappa shape index (κ1) is 19.3. The average molecular weight is 429 g/mol. The van der Waals surface area contributed by atoms with E-state index in [0.29, 0.717) is 11.7 Å². The lowest BCUT2D eigenvalue weighted by atomic mass is 9.94. The van der Waals surface area contributed by atoms with E-state index in [0.717, 1.165) is 72.4 Å². The van der Waals surface area contributed by atoms with Gasteiger partial charge in [0, 0.05) is 48.2 Å². The minimum atomic E-state index is 0.248. The molecule has 0 spiro atoms. The number of hydrogen-bond acceptors (Lipinski definition) is 4. The fraction of sp³-hybridized carbons (Fsp3) is 0.400. The molecular formula is C25H28N6O. The molecule has 1 aromatic carbocycles. The Morgan fingerprint density at radius 1 is 1.09 bits per heavy atom. The lowest BCUT2D eigenvalue weighted by Crippen LogP contribution is -2.41. The fourth-order valence-electron chi connectivity index (χ4n) is 5.55. The third kappa shape index (κ3) is 3.15. The van der Waals surface area contributed by atoms with E-state index in [1.807, 2.05) is 18.3 Å². The molecule has 4 aromatic rings. The summed E-state index contributed by atoms with van der Waals surface area (Å²) in [6, 6.07) is 10.3. The average Bonchev–Trinajstić information content (AvgIpc) is 3.57. The van der Waals surface area contributed by atoms with Crippen LogP contribution in [0.4, 0.5) is 5.82 Å². The van der Waals surface area contributed by atoms with Crippen LogP contribution in [-0.2, 0) is 4.79 Å². The number of piperidine rings is 1. The minimum Gasteiger partial charge on any atom is -0.382 e. The Bertz CT molecular complexity index is 1260. The minimum absolute atomic E-state index is 0.248. The maximum atomic E-state index is 12.9. The Balaban J connectivity index is 1.33. The van der Waals surface area contributed by atoms with Crippen LogP contribution in [0.3, 0.4) is 0 Å². The molecule has 1 amide bonds. The Kier molecular flexibility index (Phi) is 4.63. The number of amides is 1. The van der Waals surface area contributed by atoms with Gasteiger partial charge in [0.1, 0.15) is 22.9 Å². The van der Waals surface area contributed by atoms with Crippen LogP contribution in [0.2, 0.25) is 0 Å². The summed E-state index contributed by atoms with van der Waals surface area (Å²) in [5, 5.41) is 1.14. The molecule has 1 saturated carbocycles. The molecule has 7 heteroatoms. The van der Waals surface area contributed by atoms with Crippen molar-refractivity contribution in [2.24, 2.45) is 5.92 Å². The predicted octanol–water partition coefficient (Wildman–Crippen LogP) is 4.36. The van der Waals surface area contributed by atoms with E-state index in [1.165, 1.54) is 12.8 Å². The second-order valence-electron chi connectivity index (χ2n) is 9.20. The Morgan fingerprint density at radius 3 is 2.66 bits per heavy atom. The van der Waals surface area contributed by atoms with Gasteiger partial charge in [0.05, 0.1) is 5.69 Å². The number of likely N-dealkylation sites (tertiary alicyclic amines) is 1. The van der Waals surface area contributed by atoms with Crippen molar-refractivity contribution >= 4 is 28.1 Å². The van der Waals surface area contributed by atoms with Gasteiger partial charge in [0.15, 0.2) is 0 Å². The van der Waals surface area contributed by atoms with E-state index >= 15 is 0 Å². The Labute approximate surface area is 186 Å². The summed E-state index contributed by atoms with van der Waals surface area (Å²) >= 11 is 0. The van der Waals surface area contributed by atoms with Crippen molar-refractivity contribution < 1.29 is 4.79 Å². The molecule has 6 rings (SSSR count). The third-order valence-electron chi connectivity index (χ3n) is 7.27. The SMILES string of the molecule is Nc1nccn2c(C3CCN(C(=O)C4CCCC4)CC3)nc(-c3cc4ccccc4[nH]3)c12. The second kappa shape index (κ2) is 7.65. The molecule has 1 aliphatic heterocycles. The van der Waals surface area contributed by atoms with Crippen LogP contribution in [0.15, 0.2) is 42.7 Å². The number of benzene rings is 1. The quantitative estimate of drug-likeness (QED) is 0.507. The zero-order chi connectivity index (χ0) is 21.7. The van der Waals surface area contributed by atoms with E-state index < -0.39 is 0 Å². The number of aromatic nitrogens is 4. The lowest BCUT2D eigenvalue weighted by Gasteiger charge is -2.33. The van der Waals surface area contributed by atoms with Gasteiger partial charge in [-0.1, -0.05) is 31.0 Å². The van der Waals surface area contributed by atoms with E-state index in [-0.39, 0.29) is 11.8 Å². The van der Waals surface area contributed by atoms with Gasteiger partial charge in [-0.3, -0.25) is 9.20 Å². The summed E-state index contributed by atoms with van der Waals surface area (Å²) in [7, 11) is 0. The van der Waals surface area contributed by atoms with Crippen LogP contribution < -0.4 is 5.73 Å². The number of nitrogens with zero attached hydrogens (tertiary/aromatic N) is 4. The molecule has 3 N–H and O–H groups in total. The van der Waals surface area contributed by atoms with Gasteiger partial charge in [0.2, 0.25) is 5.91 Å². The highest BCUT2D eigenvalue weighted by atomic mass is 16.2. The monoisotopic (exact) mass is 428 g/mol. The number of aromatic amines is 1. The first-order valence-electron chi connectivity index (χ1n) is 11.7. The number of carbonyl (C=O) groups excluding carboxylic acids is 1. The summed E-state index contributed by atoms with van der Waals surface area (Å²) in [5.74, 6) is 2.39. The summed E-state index contributed by atoms with van der Waals surface area (Å²) < 4.78 is 2.10. The summed E-state index contributed by atoms with van der Waals surface area (Å²) in [4.78, 5) is 27.9. The largest absolute Gasteiger partial charge is 0.382 e. The van der Waals surface area contributed by atoms with Gasteiger partial charge >= 0.3 is 0 Å². The van der Waals surface area contributed by atoms with Crippen LogP contribution in [0.5, 0.6) is 0 Å². The highest BCUT2D eigenvalue weighted by Gasteiger charge is 2.32. The Morgan fingerprint density at radius 2 is 1.88 bits per heavy atom. The number of hydrogen-bond donors (Lipinski definition) is 2. The smallest absolute Gasteiger partial charge is 0.225 e. The first-order chi connectivity index (χ1) is 15.7. The molecule has 1 saturated heterocycles. The van der Waals surface area contributed by atoms with Crippen LogP contribution in [0.1, 0.15) is 50.3 Å². The molecule has 7 nitrogen and oxygen atoms in total. The molecule has 4 heterocycles. The van der Waals surface area contributed by atoms with Crippen molar-refractivity contribution in [2.45, 2.75) is 44.4 Å². The van der Waals surface area contributed by atoms with E-state index in [9.17, 15) is 4.79 Å². The van der Waals surface area contributed by atoms with Crippen LogP contribution >= 0.6 is 0 Å². The Hall–Kier alpha value is -3.35. The fourth-order valence-corrected chi connectivity index (χ4v) is 5.55. The summed E-state index contributed by atoms with van der Waals surface area (Å²) in [5.41, 5.74) is 10.0. The van der Waals surface area contributed by atoms with Crippen LogP contribution in [0, 0.1) is 5.92 Å². The number of rotatable bonds is 3. The molecule has 0 radical (unpaired) electrons. The summed E-state index contributed by atoms with van der Waals surface area (Å²) in [6.07, 6.45) is 10.0. The van der Waals surface area contributed by atoms with E-state index in [2.05, 4.69) is 37.5 Å². The van der Waals surface area contributed by atoms with Crippen molar-refractivity contribution in [1.82, 2.24) is 24.3 Å². The molecule has 0 bridgehead atoms. The number of para-hydroxylation sites is 1. The van der Waals surface area contributed by atoms with Gasteiger partial charge in [-0.15, -0.1) is 0 Å². The molecule has 0 unspecified atom stereocenters.